The summed E-state index contributed by atoms with van der Waals surface area (Å²) in [6.45, 7) is 1.34. The number of carbonyl (C=O) groups is 2. The van der Waals surface area contributed by atoms with Gasteiger partial charge in [0.2, 0.25) is 5.91 Å². The lowest BCUT2D eigenvalue weighted by Gasteiger charge is -2.27. The standard InChI is InChI=1S/C25H22N4O3/c30-24-12-13-29-23(15-22(27-29)19-5-2-1-3-6-19)28(24)17-18-8-10-20(11-9-18)25(31)26-16-21-7-4-14-32-21/h1-11,14-15H,12-13,16-17H2,(H,26,31). The van der Waals surface area contributed by atoms with E-state index in [1.165, 1.54) is 0 Å². The van der Waals surface area contributed by atoms with E-state index in [0.29, 0.717) is 37.4 Å². The first kappa shape index (κ1) is 19.8. The lowest BCUT2D eigenvalue weighted by Crippen LogP contribution is -2.36. The molecule has 5 rings (SSSR count). The summed E-state index contributed by atoms with van der Waals surface area (Å²) in [6.07, 6.45) is 1.99. The summed E-state index contributed by atoms with van der Waals surface area (Å²) in [7, 11) is 0. The number of rotatable bonds is 6. The number of amides is 2. The molecule has 0 atom stereocenters. The van der Waals surface area contributed by atoms with Crippen molar-refractivity contribution in [3.05, 3.63) is 95.9 Å². The fourth-order valence-electron chi connectivity index (χ4n) is 3.80. The molecule has 1 aliphatic rings. The van der Waals surface area contributed by atoms with Crippen LogP contribution >= 0.6 is 0 Å². The first-order chi connectivity index (χ1) is 15.7. The Balaban J connectivity index is 1.30. The highest BCUT2D eigenvalue weighted by Crippen LogP contribution is 2.29. The van der Waals surface area contributed by atoms with E-state index >= 15 is 0 Å². The van der Waals surface area contributed by atoms with Crippen molar-refractivity contribution in [3.8, 4) is 11.3 Å². The first-order valence-corrected chi connectivity index (χ1v) is 10.5. The van der Waals surface area contributed by atoms with Gasteiger partial charge in [-0.2, -0.15) is 5.10 Å². The van der Waals surface area contributed by atoms with Crippen LogP contribution in [0.4, 0.5) is 5.82 Å². The molecule has 1 aliphatic heterocycles. The van der Waals surface area contributed by atoms with Crippen LogP contribution in [0.5, 0.6) is 0 Å². The summed E-state index contributed by atoms with van der Waals surface area (Å²) in [6, 6.07) is 22.8. The van der Waals surface area contributed by atoms with Crippen molar-refractivity contribution in [1.82, 2.24) is 15.1 Å². The van der Waals surface area contributed by atoms with E-state index in [-0.39, 0.29) is 11.8 Å². The van der Waals surface area contributed by atoms with Gasteiger partial charge in [-0.1, -0.05) is 42.5 Å². The van der Waals surface area contributed by atoms with Gasteiger partial charge >= 0.3 is 0 Å². The van der Waals surface area contributed by atoms with Crippen LogP contribution < -0.4 is 10.2 Å². The molecular formula is C25H22N4O3. The summed E-state index contributed by atoms with van der Waals surface area (Å²) in [4.78, 5) is 26.8. The SMILES string of the molecule is O=C(NCc1ccco1)c1ccc(CN2C(=O)CCn3nc(-c4ccccc4)cc32)cc1. The number of carbonyl (C=O) groups excluding carboxylic acids is 2. The van der Waals surface area contributed by atoms with Gasteiger partial charge in [-0.25, -0.2) is 4.68 Å². The van der Waals surface area contributed by atoms with Gasteiger partial charge in [-0.3, -0.25) is 14.5 Å². The lowest BCUT2D eigenvalue weighted by molar-refractivity contribution is -0.119. The number of aryl methyl sites for hydroxylation is 1. The molecule has 32 heavy (non-hydrogen) atoms. The van der Waals surface area contributed by atoms with Crippen molar-refractivity contribution in [2.75, 3.05) is 4.90 Å². The average Bonchev–Trinajstić information content (AvgIpc) is 3.50. The molecule has 2 aromatic heterocycles. The molecule has 0 unspecified atom stereocenters. The van der Waals surface area contributed by atoms with Crippen LogP contribution in [-0.4, -0.2) is 21.6 Å². The van der Waals surface area contributed by atoms with E-state index in [4.69, 9.17) is 4.42 Å². The number of nitrogens with one attached hydrogen (secondary N) is 1. The van der Waals surface area contributed by atoms with Gasteiger partial charge in [0.1, 0.15) is 11.6 Å². The van der Waals surface area contributed by atoms with Crippen molar-refractivity contribution < 1.29 is 14.0 Å². The summed E-state index contributed by atoms with van der Waals surface area (Å²) >= 11 is 0. The molecule has 3 heterocycles. The zero-order chi connectivity index (χ0) is 21.9. The Hall–Kier alpha value is -4.13. The van der Waals surface area contributed by atoms with Crippen LogP contribution in [0.1, 0.15) is 28.1 Å². The van der Waals surface area contributed by atoms with E-state index in [9.17, 15) is 9.59 Å². The summed E-state index contributed by atoms with van der Waals surface area (Å²) < 4.78 is 7.12. The second-order valence-corrected chi connectivity index (χ2v) is 7.67. The molecule has 0 aliphatic carbocycles. The average molecular weight is 426 g/mol. The third-order valence-corrected chi connectivity index (χ3v) is 5.50. The van der Waals surface area contributed by atoms with Gasteiger partial charge in [-0.05, 0) is 29.8 Å². The molecule has 0 bridgehead atoms. The number of hydrogen-bond acceptors (Lipinski definition) is 4. The highest BCUT2D eigenvalue weighted by atomic mass is 16.3. The van der Waals surface area contributed by atoms with Crippen molar-refractivity contribution in [2.45, 2.75) is 26.1 Å². The maximum absolute atomic E-state index is 12.7. The fourth-order valence-corrected chi connectivity index (χ4v) is 3.80. The number of benzene rings is 2. The zero-order valence-corrected chi connectivity index (χ0v) is 17.4. The third-order valence-electron chi connectivity index (χ3n) is 5.50. The van der Waals surface area contributed by atoms with Crippen molar-refractivity contribution in [1.29, 1.82) is 0 Å². The topological polar surface area (TPSA) is 80.4 Å². The Kier molecular flexibility index (Phi) is 5.29. The molecule has 0 fully saturated rings. The monoisotopic (exact) mass is 426 g/mol. The number of nitrogens with zero attached hydrogens (tertiary/aromatic N) is 3. The molecule has 7 heteroatoms. The van der Waals surface area contributed by atoms with E-state index < -0.39 is 0 Å². The number of hydrogen-bond donors (Lipinski definition) is 1. The predicted molar refractivity (Wildman–Crippen MR) is 120 cm³/mol. The van der Waals surface area contributed by atoms with Crippen LogP contribution in [-0.2, 0) is 24.4 Å². The Morgan fingerprint density at radius 1 is 1.03 bits per heavy atom. The molecule has 0 spiro atoms. The van der Waals surface area contributed by atoms with Crippen molar-refractivity contribution in [3.63, 3.8) is 0 Å². The number of furan rings is 1. The Bertz CT molecular complexity index is 1230. The molecular weight excluding hydrogens is 404 g/mol. The van der Waals surface area contributed by atoms with Crippen molar-refractivity contribution >= 4 is 17.6 Å². The van der Waals surface area contributed by atoms with Gasteiger partial charge in [0.25, 0.3) is 5.91 Å². The molecule has 2 aromatic carbocycles. The molecule has 0 saturated heterocycles. The molecule has 7 nitrogen and oxygen atoms in total. The second-order valence-electron chi connectivity index (χ2n) is 7.67. The van der Waals surface area contributed by atoms with Gasteiger partial charge in [0, 0.05) is 23.6 Å². The minimum absolute atomic E-state index is 0.0669. The van der Waals surface area contributed by atoms with Crippen LogP contribution in [0, 0.1) is 0 Å². The Morgan fingerprint density at radius 3 is 2.59 bits per heavy atom. The molecule has 0 saturated carbocycles. The number of aromatic nitrogens is 2. The van der Waals surface area contributed by atoms with Crippen LogP contribution in [0.25, 0.3) is 11.3 Å². The summed E-state index contributed by atoms with van der Waals surface area (Å²) in [5.41, 5.74) is 3.37. The van der Waals surface area contributed by atoms with Crippen molar-refractivity contribution in [2.24, 2.45) is 0 Å². The minimum Gasteiger partial charge on any atom is -0.467 e. The Morgan fingerprint density at radius 2 is 1.84 bits per heavy atom. The molecule has 0 radical (unpaired) electrons. The van der Waals surface area contributed by atoms with Crippen LogP contribution in [0.3, 0.4) is 0 Å². The predicted octanol–water partition coefficient (Wildman–Crippen LogP) is 4.01. The highest BCUT2D eigenvalue weighted by molar-refractivity contribution is 5.95. The molecule has 1 N–H and O–H groups in total. The van der Waals surface area contributed by atoms with Gasteiger partial charge in [-0.15, -0.1) is 0 Å². The largest absolute Gasteiger partial charge is 0.467 e. The van der Waals surface area contributed by atoms with Gasteiger partial charge in [0.15, 0.2) is 0 Å². The number of anilines is 1. The fraction of sp³-hybridized carbons (Fsp3) is 0.160. The first-order valence-electron chi connectivity index (χ1n) is 10.5. The van der Waals surface area contributed by atoms with E-state index in [1.807, 2.05) is 59.3 Å². The molecule has 160 valence electrons. The quantitative estimate of drug-likeness (QED) is 0.505. The minimum atomic E-state index is -0.174. The zero-order valence-electron chi connectivity index (χ0n) is 17.4. The number of fused-ring (bicyclic) bond motifs is 1. The van der Waals surface area contributed by atoms with Gasteiger partial charge < -0.3 is 9.73 Å². The Labute approximate surface area is 185 Å². The van der Waals surface area contributed by atoms with Crippen LogP contribution in [0.15, 0.2) is 83.5 Å². The smallest absolute Gasteiger partial charge is 0.251 e. The third kappa shape index (κ3) is 4.05. The van der Waals surface area contributed by atoms with E-state index in [0.717, 1.165) is 22.6 Å². The lowest BCUT2D eigenvalue weighted by atomic mass is 10.1. The van der Waals surface area contributed by atoms with E-state index in [1.54, 1.807) is 29.4 Å². The maximum Gasteiger partial charge on any atom is 0.251 e. The van der Waals surface area contributed by atoms with E-state index in [2.05, 4.69) is 10.4 Å². The molecule has 2 amide bonds. The second kappa shape index (κ2) is 8.55. The normalized spacial score (nSPS) is 13.1. The summed E-state index contributed by atoms with van der Waals surface area (Å²) in [5.74, 6) is 1.38. The van der Waals surface area contributed by atoms with Gasteiger partial charge in [0.05, 0.1) is 31.6 Å². The maximum atomic E-state index is 12.7. The highest BCUT2D eigenvalue weighted by Gasteiger charge is 2.26. The molecule has 4 aromatic rings. The van der Waals surface area contributed by atoms with Crippen LogP contribution in [0.2, 0.25) is 0 Å². The summed E-state index contributed by atoms with van der Waals surface area (Å²) in [5, 5.41) is 7.52.